The lowest BCUT2D eigenvalue weighted by atomic mass is 10.1. The fourth-order valence-electron chi connectivity index (χ4n) is 1.83. The quantitative estimate of drug-likeness (QED) is 0.756. The lowest BCUT2D eigenvalue weighted by Gasteiger charge is -2.09. The minimum Gasteiger partial charge on any atom is -0.497 e. The van der Waals surface area contributed by atoms with Crippen molar-refractivity contribution in [2.24, 2.45) is 0 Å². The SMILES string of the molecule is COc1ccc2c(OC[C@H]3CO3)cccc2c1. The zero-order valence-corrected chi connectivity index (χ0v) is 9.68. The molecule has 3 rings (SSSR count). The summed E-state index contributed by atoms with van der Waals surface area (Å²) in [6.45, 7) is 1.45. The predicted octanol–water partition coefficient (Wildman–Crippen LogP) is 2.63. The first kappa shape index (κ1) is 10.4. The van der Waals surface area contributed by atoms with Crippen LogP contribution in [0.15, 0.2) is 36.4 Å². The third-order valence-electron chi connectivity index (χ3n) is 2.87. The highest BCUT2D eigenvalue weighted by Crippen LogP contribution is 2.29. The molecule has 0 bridgehead atoms. The van der Waals surface area contributed by atoms with E-state index in [1.165, 1.54) is 0 Å². The molecule has 1 aliphatic heterocycles. The van der Waals surface area contributed by atoms with Gasteiger partial charge in [0.15, 0.2) is 0 Å². The van der Waals surface area contributed by atoms with E-state index in [4.69, 9.17) is 14.2 Å². The summed E-state index contributed by atoms with van der Waals surface area (Å²) in [6.07, 6.45) is 0.281. The van der Waals surface area contributed by atoms with Crippen LogP contribution < -0.4 is 9.47 Å². The van der Waals surface area contributed by atoms with Gasteiger partial charge in [0.25, 0.3) is 0 Å². The summed E-state index contributed by atoms with van der Waals surface area (Å²) in [5.41, 5.74) is 0. The number of rotatable bonds is 4. The zero-order valence-electron chi connectivity index (χ0n) is 9.68. The molecule has 0 unspecified atom stereocenters. The van der Waals surface area contributed by atoms with Gasteiger partial charge in [-0.1, -0.05) is 12.1 Å². The van der Waals surface area contributed by atoms with Gasteiger partial charge in [0.1, 0.15) is 24.2 Å². The molecule has 3 nitrogen and oxygen atoms in total. The Morgan fingerprint density at radius 1 is 1.29 bits per heavy atom. The lowest BCUT2D eigenvalue weighted by molar-refractivity contribution is 0.265. The van der Waals surface area contributed by atoms with Crippen LogP contribution >= 0.6 is 0 Å². The minimum atomic E-state index is 0.281. The second kappa shape index (κ2) is 4.26. The largest absolute Gasteiger partial charge is 0.497 e. The summed E-state index contributed by atoms with van der Waals surface area (Å²) in [6, 6.07) is 12.0. The molecule has 1 aliphatic rings. The molecule has 0 radical (unpaired) electrons. The third-order valence-corrected chi connectivity index (χ3v) is 2.87. The summed E-state index contributed by atoms with van der Waals surface area (Å²) >= 11 is 0. The molecule has 2 aromatic carbocycles. The van der Waals surface area contributed by atoms with E-state index in [0.29, 0.717) is 6.61 Å². The maximum absolute atomic E-state index is 5.75. The Hall–Kier alpha value is -1.74. The van der Waals surface area contributed by atoms with Crippen LogP contribution in [0.1, 0.15) is 0 Å². The van der Waals surface area contributed by atoms with Gasteiger partial charge < -0.3 is 14.2 Å². The Kier molecular flexibility index (Phi) is 2.61. The fourth-order valence-corrected chi connectivity index (χ4v) is 1.83. The van der Waals surface area contributed by atoms with Crippen LogP contribution in [0, 0.1) is 0 Å². The molecule has 1 saturated heterocycles. The van der Waals surface area contributed by atoms with Gasteiger partial charge in [-0.25, -0.2) is 0 Å². The van der Waals surface area contributed by atoms with Gasteiger partial charge in [-0.2, -0.15) is 0 Å². The van der Waals surface area contributed by atoms with E-state index in [1.807, 2.05) is 30.3 Å². The Bertz CT molecular complexity index is 532. The highest BCUT2D eigenvalue weighted by molar-refractivity contribution is 5.89. The first-order chi connectivity index (χ1) is 8.36. The number of epoxide rings is 1. The topological polar surface area (TPSA) is 31.0 Å². The highest BCUT2D eigenvalue weighted by atomic mass is 16.6. The zero-order chi connectivity index (χ0) is 11.7. The highest BCUT2D eigenvalue weighted by Gasteiger charge is 2.23. The van der Waals surface area contributed by atoms with Gasteiger partial charge >= 0.3 is 0 Å². The summed E-state index contributed by atoms with van der Waals surface area (Å²) in [7, 11) is 1.67. The number of hydrogen-bond acceptors (Lipinski definition) is 3. The lowest BCUT2D eigenvalue weighted by Crippen LogP contribution is -2.04. The minimum absolute atomic E-state index is 0.281. The molecule has 0 N–H and O–H groups in total. The number of hydrogen-bond donors (Lipinski definition) is 0. The van der Waals surface area contributed by atoms with Crippen molar-refractivity contribution >= 4 is 10.8 Å². The van der Waals surface area contributed by atoms with E-state index in [2.05, 4.69) is 6.07 Å². The monoisotopic (exact) mass is 230 g/mol. The van der Waals surface area contributed by atoms with Crippen molar-refractivity contribution in [3.63, 3.8) is 0 Å². The average molecular weight is 230 g/mol. The molecule has 88 valence electrons. The normalized spacial score (nSPS) is 18.1. The summed E-state index contributed by atoms with van der Waals surface area (Å²) < 4.78 is 16.1. The molecular formula is C14H14O3. The summed E-state index contributed by atoms with van der Waals surface area (Å²) in [4.78, 5) is 0. The number of ether oxygens (including phenoxy) is 3. The van der Waals surface area contributed by atoms with Crippen molar-refractivity contribution in [2.75, 3.05) is 20.3 Å². The second-order valence-corrected chi connectivity index (χ2v) is 4.11. The first-order valence-corrected chi connectivity index (χ1v) is 5.68. The first-order valence-electron chi connectivity index (χ1n) is 5.68. The molecule has 0 aliphatic carbocycles. The molecule has 17 heavy (non-hydrogen) atoms. The maximum atomic E-state index is 5.75. The molecule has 1 heterocycles. The van der Waals surface area contributed by atoms with E-state index in [1.54, 1.807) is 7.11 Å². The second-order valence-electron chi connectivity index (χ2n) is 4.11. The van der Waals surface area contributed by atoms with Gasteiger partial charge in [-0.3, -0.25) is 0 Å². The van der Waals surface area contributed by atoms with Crippen LogP contribution in [0.2, 0.25) is 0 Å². The van der Waals surface area contributed by atoms with Crippen LogP contribution in [0.5, 0.6) is 11.5 Å². The molecule has 3 heteroatoms. The Morgan fingerprint density at radius 3 is 2.94 bits per heavy atom. The molecular weight excluding hydrogens is 216 g/mol. The fraction of sp³-hybridized carbons (Fsp3) is 0.286. The standard InChI is InChI=1S/C14H14O3/c1-15-11-5-6-13-10(7-11)3-2-4-14(13)17-9-12-8-16-12/h2-7,12H,8-9H2,1H3/t12-/m1/s1. The summed E-state index contributed by atoms with van der Waals surface area (Å²) in [5, 5.41) is 2.23. The van der Waals surface area contributed by atoms with E-state index in [-0.39, 0.29) is 6.10 Å². The predicted molar refractivity (Wildman–Crippen MR) is 65.7 cm³/mol. The van der Waals surface area contributed by atoms with Crippen LogP contribution in [-0.2, 0) is 4.74 Å². The van der Waals surface area contributed by atoms with Gasteiger partial charge in [-0.15, -0.1) is 0 Å². The van der Waals surface area contributed by atoms with E-state index < -0.39 is 0 Å². The van der Waals surface area contributed by atoms with Crippen LogP contribution in [0.4, 0.5) is 0 Å². The number of methoxy groups -OCH3 is 1. The maximum Gasteiger partial charge on any atom is 0.127 e. The van der Waals surface area contributed by atoms with Crippen molar-refractivity contribution < 1.29 is 14.2 Å². The number of fused-ring (bicyclic) bond motifs is 1. The van der Waals surface area contributed by atoms with Crippen LogP contribution in [0.3, 0.4) is 0 Å². The van der Waals surface area contributed by atoms with E-state index >= 15 is 0 Å². The van der Waals surface area contributed by atoms with Crippen molar-refractivity contribution in [3.05, 3.63) is 36.4 Å². The van der Waals surface area contributed by atoms with Crippen LogP contribution in [0.25, 0.3) is 10.8 Å². The smallest absolute Gasteiger partial charge is 0.127 e. The van der Waals surface area contributed by atoms with Crippen molar-refractivity contribution in [3.8, 4) is 11.5 Å². The molecule has 0 amide bonds. The van der Waals surface area contributed by atoms with Gasteiger partial charge in [-0.05, 0) is 29.7 Å². The molecule has 0 spiro atoms. The van der Waals surface area contributed by atoms with Gasteiger partial charge in [0.2, 0.25) is 0 Å². The molecule has 1 atom stereocenters. The number of benzene rings is 2. The van der Waals surface area contributed by atoms with Gasteiger partial charge in [0, 0.05) is 5.39 Å². The molecule has 0 aromatic heterocycles. The molecule has 1 fully saturated rings. The Morgan fingerprint density at radius 2 is 2.18 bits per heavy atom. The van der Waals surface area contributed by atoms with E-state index in [0.717, 1.165) is 28.9 Å². The van der Waals surface area contributed by atoms with Crippen molar-refractivity contribution in [1.82, 2.24) is 0 Å². The van der Waals surface area contributed by atoms with E-state index in [9.17, 15) is 0 Å². The molecule has 0 saturated carbocycles. The average Bonchev–Trinajstić information content (AvgIpc) is 3.19. The molecule has 2 aromatic rings. The van der Waals surface area contributed by atoms with Gasteiger partial charge in [0.05, 0.1) is 13.7 Å². The van der Waals surface area contributed by atoms with Crippen LogP contribution in [-0.4, -0.2) is 26.4 Å². The van der Waals surface area contributed by atoms with Crippen molar-refractivity contribution in [2.45, 2.75) is 6.10 Å². The Balaban J connectivity index is 1.93. The Labute approximate surface area is 99.9 Å². The summed E-state index contributed by atoms with van der Waals surface area (Å²) in [5.74, 6) is 1.76. The van der Waals surface area contributed by atoms with Crippen molar-refractivity contribution in [1.29, 1.82) is 0 Å². The third kappa shape index (κ3) is 2.19.